The van der Waals surface area contributed by atoms with Crippen LogP contribution < -0.4 is 14.4 Å². The van der Waals surface area contributed by atoms with Crippen LogP contribution in [0, 0.1) is 0 Å². The predicted octanol–water partition coefficient (Wildman–Crippen LogP) is 3.88. The van der Waals surface area contributed by atoms with Crippen molar-refractivity contribution >= 4 is 33.2 Å². The fourth-order valence-corrected chi connectivity index (χ4v) is 3.86. The Labute approximate surface area is 184 Å². The molecule has 0 fully saturated rings. The minimum Gasteiger partial charge on any atom is -0.497 e. The zero-order valence-electron chi connectivity index (χ0n) is 16.9. The molecule has 0 bridgehead atoms. The van der Waals surface area contributed by atoms with Crippen LogP contribution in [-0.4, -0.2) is 40.8 Å². The summed E-state index contributed by atoms with van der Waals surface area (Å²) >= 11 is 5.58. The van der Waals surface area contributed by atoms with Gasteiger partial charge in [-0.25, -0.2) is 8.42 Å². The number of amides is 1. The molecule has 0 saturated carbocycles. The molecule has 0 aromatic heterocycles. The molecule has 0 spiro atoms. The Bertz CT molecular complexity index is 1010. The van der Waals surface area contributed by atoms with E-state index >= 15 is 0 Å². The second-order valence-corrected chi connectivity index (χ2v) is 9.05. The third kappa shape index (κ3) is 7.32. The van der Waals surface area contributed by atoms with E-state index in [1.165, 1.54) is 0 Å². The van der Waals surface area contributed by atoms with E-state index in [1.54, 1.807) is 7.11 Å². The van der Waals surface area contributed by atoms with Crippen molar-refractivity contribution in [3.8, 4) is 5.75 Å². The van der Waals surface area contributed by atoms with Crippen LogP contribution in [0.3, 0.4) is 0 Å². The Morgan fingerprint density at radius 2 is 1.81 bits per heavy atom. The number of aryl methyl sites for hydroxylation is 1. The molecule has 0 atom stereocenters. The highest BCUT2D eigenvalue weighted by Gasteiger charge is 2.34. The first-order chi connectivity index (χ1) is 14.4. The highest BCUT2D eigenvalue weighted by molar-refractivity contribution is 7.92. The van der Waals surface area contributed by atoms with Gasteiger partial charge >= 0.3 is 6.18 Å². The number of alkyl halides is 3. The molecule has 31 heavy (non-hydrogen) atoms. The summed E-state index contributed by atoms with van der Waals surface area (Å²) in [6.45, 7) is -0.378. The molecule has 0 unspecified atom stereocenters. The van der Waals surface area contributed by atoms with Crippen LogP contribution >= 0.6 is 11.6 Å². The van der Waals surface area contributed by atoms with Crippen molar-refractivity contribution in [1.29, 1.82) is 0 Å². The van der Waals surface area contributed by atoms with E-state index in [2.05, 4.69) is 5.32 Å². The van der Waals surface area contributed by atoms with Crippen molar-refractivity contribution in [2.45, 2.75) is 19.0 Å². The lowest BCUT2D eigenvalue weighted by atomic mass is 10.1. The number of nitrogens with one attached hydrogen (secondary N) is 1. The van der Waals surface area contributed by atoms with Gasteiger partial charge in [-0.05, 0) is 48.7 Å². The lowest BCUT2D eigenvalue weighted by Gasteiger charge is -2.23. The number of carbonyl (C=O) groups excluding carboxylic acids is 1. The van der Waals surface area contributed by atoms with E-state index in [0.29, 0.717) is 23.2 Å². The number of anilines is 1. The zero-order chi connectivity index (χ0) is 23.2. The van der Waals surface area contributed by atoms with Gasteiger partial charge in [0.25, 0.3) is 0 Å². The Morgan fingerprint density at radius 1 is 1.16 bits per heavy atom. The van der Waals surface area contributed by atoms with Crippen LogP contribution in [-0.2, 0) is 27.4 Å². The molecule has 0 aliphatic heterocycles. The molecular formula is C20H22ClF3N2O4S. The van der Waals surface area contributed by atoms with Gasteiger partial charge in [-0.2, -0.15) is 13.2 Å². The van der Waals surface area contributed by atoms with Crippen LogP contribution in [0.15, 0.2) is 42.5 Å². The molecule has 2 rings (SSSR count). The van der Waals surface area contributed by atoms with Gasteiger partial charge in [-0.15, -0.1) is 0 Å². The minimum atomic E-state index is -4.76. The second kappa shape index (κ2) is 10.2. The molecule has 6 nitrogen and oxygen atoms in total. The fraction of sp³-hybridized carbons (Fsp3) is 0.350. The largest absolute Gasteiger partial charge is 0.497 e. The van der Waals surface area contributed by atoms with Crippen molar-refractivity contribution in [3.05, 3.63) is 58.6 Å². The number of ether oxygens (including phenoxy) is 1. The zero-order valence-corrected chi connectivity index (χ0v) is 18.4. The molecular weight excluding hydrogens is 457 g/mol. The number of halogens is 4. The van der Waals surface area contributed by atoms with Gasteiger partial charge in [0.15, 0.2) is 0 Å². The topological polar surface area (TPSA) is 75.7 Å². The first kappa shape index (κ1) is 24.8. The van der Waals surface area contributed by atoms with Crippen LogP contribution in [0.5, 0.6) is 5.75 Å². The van der Waals surface area contributed by atoms with Crippen molar-refractivity contribution in [2.24, 2.45) is 0 Å². The number of rotatable bonds is 9. The first-order valence-electron chi connectivity index (χ1n) is 9.16. The Balaban J connectivity index is 2.00. The summed E-state index contributed by atoms with van der Waals surface area (Å²) in [5.41, 5.74) is -0.443. The smallest absolute Gasteiger partial charge is 0.417 e. The van der Waals surface area contributed by atoms with Crippen LogP contribution in [0.2, 0.25) is 5.02 Å². The Kier molecular flexibility index (Phi) is 8.19. The minimum absolute atomic E-state index is 0.275. The van der Waals surface area contributed by atoms with Crippen molar-refractivity contribution in [3.63, 3.8) is 0 Å². The normalized spacial score (nSPS) is 11.8. The quantitative estimate of drug-likeness (QED) is 0.555. The summed E-state index contributed by atoms with van der Waals surface area (Å²) < 4.78 is 69.2. The van der Waals surface area contributed by atoms with Crippen LogP contribution in [0.25, 0.3) is 0 Å². The molecule has 0 saturated heterocycles. The average Bonchev–Trinajstić information content (AvgIpc) is 2.69. The highest BCUT2D eigenvalue weighted by Crippen LogP contribution is 2.37. The molecule has 2 aromatic rings. The lowest BCUT2D eigenvalue weighted by Crippen LogP contribution is -2.40. The molecule has 2 aromatic carbocycles. The van der Waals surface area contributed by atoms with E-state index in [1.807, 2.05) is 24.3 Å². The molecule has 1 amide bonds. The van der Waals surface area contributed by atoms with Crippen LogP contribution in [0.1, 0.15) is 17.5 Å². The summed E-state index contributed by atoms with van der Waals surface area (Å²) in [7, 11) is -2.45. The summed E-state index contributed by atoms with van der Waals surface area (Å²) in [5.74, 6) is 0.0949. The molecule has 11 heteroatoms. The third-order valence-electron chi connectivity index (χ3n) is 4.35. The first-order valence-corrected chi connectivity index (χ1v) is 11.4. The summed E-state index contributed by atoms with van der Waals surface area (Å²) in [6, 6.07) is 10.1. The van der Waals surface area contributed by atoms with E-state index in [9.17, 15) is 26.4 Å². The summed E-state index contributed by atoms with van der Waals surface area (Å²) in [4.78, 5) is 12.2. The average molecular weight is 479 g/mol. The van der Waals surface area contributed by atoms with Gasteiger partial charge < -0.3 is 10.1 Å². The summed E-state index contributed by atoms with van der Waals surface area (Å²) in [6.07, 6.45) is -2.69. The van der Waals surface area contributed by atoms with Crippen molar-refractivity contribution in [2.75, 3.05) is 30.8 Å². The Hall–Kier alpha value is -2.46. The van der Waals surface area contributed by atoms with E-state index in [0.717, 1.165) is 29.7 Å². The third-order valence-corrected chi connectivity index (χ3v) is 5.82. The van der Waals surface area contributed by atoms with E-state index < -0.39 is 39.2 Å². The molecule has 0 aliphatic carbocycles. The number of carbonyl (C=O) groups is 1. The number of benzene rings is 2. The number of methoxy groups -OCH3 is 1. The van der Waals surface area contributed by atoms with Gasteiger partial charge in [0, 0.05) is 6.54 Å². The standard InChI is InChI=1S/C20H22ClF3N2O4S/c1-30-16-8-5-14(6-9-16)4-3-11-25-19(27)13-26(31(2,28)29)15-7-10-18(21)17(12-15)20(22,23)24/h5-10,12H,3-4,11,13H2,1-2H3,(H,25,27). The van der Waals surface area contributed by atoms with Crippen molar-refractivity contribution in [1.82, 2.24) is 5.32 Å². The number of hydrogen-bond acceptors (Lipinski definition) is 4. The monoisotopic (exact) mass is 478 g/mol. The Morgan fingerprint density at radius 3 is 2.35 bits per heavy atom. The maximum absolute atomic E-state index is 13.1. The molecule has 0 radical (unpaired) electrons. The van der Waals surface area contributed by atoms with Gasteiger partial charge in [-0.1, -0.05) is 23.7 Å². The maximum atomic E-state index is 13.1. The van der Waals surface area contributed by atoms with Gasteiger partial charge in [0.05, 0.1) is 29.6 Å². The van der Waals surface area contributed by atoms with Gasteiger partial charge in [0.1, 0.15) is 12.3 Å². The molecule has 0 aliphatic rings. The van der Waals surface area contributed by atoms with E-state index in [4.69, 9.17) is 16.3 Å². The van der Waals surface area contributed by atoms with Gasteiger partial charge in [0.2, 0.25) is 15.9 Å². The second-order valence-electron chi connectivity index (χ2n) is 6.73. The maximum Gasteiger partial charge on any atom is 0.417 e. The van der Waals surface area contributed by atoms with E-state index in [-0.39, 0.29) is 12.2 Å². The van der Waals surface area contributed by atoms with Gasteiger partial charge in [-0.3, -0.25) is 9.10 Å². The lowest BCUT2D eigenvalue weighted by molar-refractivity contribution is -0.137. The molecule has 1 N–H and O–H groups in total. The SMILES string of the molecule is COc1ccc(CCCNC(=O)CN(c2ccc(Cl)c(C(F)(F)F)c2)S(C)(=O)=O)cc1. The highest BCUT2D eigenvalue weighted by atomic mass is 35.5. The molecule has 170 valence electrons. The van der Waals surface area contributed by atoms with Crippen molar-refractivity contribution < 1.29 is 31.1 Å². The van der Waals surface area contributed by atoms with Crippen LogP contribution in [0.4, 0.5) is 18.9 Å². The number of nitrogens with zero attached hydrogens (tertiary/aromatic N) is 1. The molecule has 0 heterocycles. The fourth-order valence-electron chi connectivity index (χ4n) is 2.78. The number of sulfonamides is 1. The summed E-state index contributed by atoms with van der Waals surface area (Å²) in [5, 5.41) is 2.02. The predicted molar refractivity (Wildman–Crippen MR) is 113 cm³/mol. The number of hydrogen-bond donors (Lipinski definition) is 1.